The molecule has 0 spiro atoms. The fourth-order valence-electron chi connectivity index (χ4n) is 1.34. The van der Waals surface area contributed by atoms with Gasteiger partial charge in [0, 0.05) is 11.9 Å². The first kappa shape index (κ1) is 11.4. The van der Waals surface area contributed by atoms with Gasteiger partial charge in [-0.2, -0.15) is 18.3 Å². The van der Waals surface area contributed by atoms with Crippen LogP contribution in [0.4, 0.5) is 23.2 Å². The zero-order valence-electron chi connectivity index (χ0n) is 8.37. The van der Waals surface area contributed by atoms with Gasteiger partial charge in [-0.1, -0.05) is 0 Å². The molecule has 0 radical (unpaired) electrons. The lowest BCUT2D eigenvalue weighted by Crippen LogP contribution is -2.03. The Morgan fingerprint density at radius 1 is 1.18 bits per heavy atom. The van der Waals surface area contributed by atoms with Crippen LogP contribution >= 0.6 is 0 Å². The quantitative estimate of drug-likeness (QED) is 0.620. The van der Waals surface area contributed by atoms with Gasteiger partial charge in [0.05, 0.1) is 17.4 Å². The Balaban J connectivity index is 2.44. The molecule has 3 nitrogen and oxygen atoms in total. The van der Waals surface area contributed by atoms with Crippen molar-refractivity contribution in [3.05, 3.63) is 42.0 Å². The highest BCUT2D eigenvalue weighted by atomic mass is 19.4. The van der Waals surface area contributed by atoms with E-state index in [2.05, 4.69) is 5.10 Å². The molecule has 0 unspecified atom stereocenters. The Bertz CT molecular complexity index is 524. The van der Waals surface area contributed by atoms with Crippen molar-refractivity contribution in [3.8, 4) is 5.69 Å². The summed E-state index contributed by atoms with van der Waals surface area (Å²) >= 11 is 0. The molecular formula is C10H7F4N3. The summed E-state index contributed by atoms with van der Waals surface area (Å²) in [5, 5.41) is 3.51. The molecule has 0 bridgehead atoms. The van der Waals surface area contributed by atoms with Crippen molar-refractivity contribution in [2.75, 3.05) is 5.73 Å². The number of halogens is 4. The third kappa shape index (κ3) is 2.38. The van der Waals surface area contributed by atoms with E-state index in [1.54, 1.807) is 0 Å². The lowest BCUT2D eigenvalue weighted by molar-refractivity contribution is -0.137. The third-order valence-electron chi connectivity index (χ3n) is 2.08. The number of hydrogen-bond acceptors (Lipinski definition) is 2. The Hall–Kier alpha value is -2.05. The molecule has 0 aliphatic carbocycles. The molecule has 2 aromatic rings. The van der Waals surface area contributed by atoms with Gasteiger partial charge in [0.25, 0.3) is 0 Å². The van der Waals surface area contributed by atoms with Crippen molar-refractivity contribution in [1.82, 2.24) is 9.78 Å². The van der Waals surface area contributed by atoms with Crippen LogP contribution in [0.1, 0.15) is 5.56 Å². The average Bonchev–Trinajstić information content (AvgIpc) is 2.63. The molecule has 1 heterocycles. The second kappa shape index (κ2) is 3.76. The predicted molar refractivity (Wildman–Crippen MR) is 52.9 cm³/mol. The molecule has 0 fully saturated rings. The Labute approximate surface area is 93.5 Å². The molecule has 0 aliphatic heterocycles. The fourth-order valence-corrected chi connectivity index (χ4v) is 1.34. The van der Waals surface area contributed by atoms with Crippen molar-refractivity contribution in [3.63, 3.8) is 0 Å². The molecule has 2 N–H and O–H groups in total. The van der Waals surface area contributed by atoms with E-state index in [0.29, 0.717) is 6.20 Å². The van der Waals surface area contributed by atoms with Gasteiger partial charge >= 0.3 is 6.18 Å². The lowest BCUT2D eigenvalue weighted by atomic mass is 10.2. The number of benzene rings is 1. The van der Waals surface area contributed by atoms with E-state index in [9.17, 15) is 17.6 Å². The predicted octanol–water partition coefficient (Wildman–Crippen LogP) is 2.61. The van der Waals surface area contributed by atoms with E-state index in [-0.39, 0.29) is 11.4 Å². The second-order valence-electron chi connectivity index (χ2n) is 3.41. The Kier molecular flexibility index (Phi) is 2.53. The number of nitrogens with zero attached hydrogens (tertiary/aromatic N) is 2. The highest BCUT2D eigenvalue weighted by Crippen LogP contribution is 2.29. The standard InChI is InChI=1S/C10H7F4N3/c11-7-1-8(15)3-9(2-7)17-5-6(4-16-17)10(12,13)14/h1-5H,15H2. The van der Waals surface area contributed by atoms with Gasteiger partial charge in [0.1, 0.15) is 5.82 Å². The summed E-state index contributed by atoms with van der Waals surface area (Å²) in [6.07, 6.45) is -3.04. The minimum atomic E-state index is -4.48. The monoisotopic (exact) mass is 245 g/mol. The molecule has 1 aromatic carbocycles. The van der Waals surface area contributed by atoms with Crippen LogP contribution in [0.5, 0.6) is 0 Å². The summed E-state index contributed by atoms with van der Waals surface area (Å²) < 4.78 is 50.9. The number of anilines is 1. The largest absolute Gasteiger partial charge is 0.419 e. The maximum atomic E-state index is 13.0. The summed E-state index contributed by atoms with van der Waals surface area (Å²) in [6.45, 7) is 0. The first-order valence-corrected chi connectivity index (χ1v) is 4.54. The van der Waals surface area contributed by atoms with E-state index in [1.165, 1.54) is 6.07 Å². The maximum absolute atomic E-state index is 13.0. The zero-order valence-corrected chi connectivity index (χ0v) is 8.37. The van der Waals surface area contributed by atoms with Gasteiger partial charge < -0.3 is 5.73 Å². The van der Waals surface area contributed by atoms with Crippen molar-refractivity contribution in [2.45, 2.75) is 6.18 Å². The number of aromatic nitrogens is 2. The molecule has 2 rings (SSSR count). The van der Waals surface area contributed by atoms with Crippen molar-refractivity contribution in [2.24, 2.45) is 0 Å². The van der Waals surface area contributed by atoms with E-state index < -0.39 is 17.6 Å². The highest BCUT2D eigenvalue weighted by molar-refractivity contribution is 5.48. The molecule has 0 saturated carbocycles. The number of nitrogens with two attached hydrogens (primary N) is 1. The van der Waals surface area contributed by atoms with Crippen LogP contribution in [0.15, 0.2) is 30.6 Å². The van der Waals surface area contributed by atoms with Crippen LogP contribution in [0, 0.1) is 5.82 Å². The molecule has 0 saturated heterocycles. The fraction of sp³-hybridized carbons (Fsp3) is 0.100. The summed E-state index contributed by atoms with van der Waals surface area (Å²) in [7, 11) is 0. The normalized spacial score (nSPS) is 11.8. The molecule has 17 heavy (non-hydrogen) atoms. The van der Waals surface area contributed by atoms with Gasteiger partial charge in [0.15, 0.2) is 0 Å². The smallest absolute Gasteiger partial charge is 0.399 e. The third-order valence-corrected chi connectivity index (χ3v) is 2.08. The van der Waals surface area contributed by atoms with Crippen molar-refractivity contribution >= 4 is 5.69 Å². The van der Waals surface area contributed by atoms with E-state index in [1.807, 2.05) is 0 Å². The SMILES string of the molecule is Nc1cc(F)cc(-n2cc(C(F)(F)F)cn2)c1. The summed E-state index contributed by atoms with van der Waals surface area (Å²) in [6, 6.07) is 3.44. The molecule has 1 aromatic heterocycles. The molecule has 0 aliphatic rings. The van der Waals surface area contributed by atoms with Gasteiger partial charge in [0.2, 0.25) is 0 Å². The van der Waals surface area contributed by atoms with Crippen LogP contribution in [0.3, 0.4) is 0 Å². The van der Waals surface area contributed by atoms with Crippen LogP contribution in [-0.2, 0) is 6.18 Å². The van der Waals surface area contributed by atoms with Crippen LogP contribution in [0.2, 0.25) is 0 Å². The number of nitrogen functional groups attached to an aromatic ring is 1. The lowest BCUT2D eigenvalue weighted by Gasteiger charge is -2.03. The Morgan fingerprint density at radius 2 is 1.88 bits per heavy atom. The molecule has 0 atom stereocenters. The molecular weight excluding hydrogens is 238 g/mol. The van der Waals surface area contributed by atoms with Gasteiger partial charge in [-0.05, 0) is 18.2 Å². The summed E-state index contributed by atoms with van der Waals surface area (Å²) in [5.74, 6) is -0.635. The van der Waals surface area contributed by atoms with Crippen LogP contribution < -0.4 is 5.73 Å². The highest BCUT2D eigenvalue weighted by Gasteiger charge is 2.32. The number of rotatable bonds is 1. The topological polar surface area (TPSA) is 43.8 Å². The van der Waals surface area contributed by atoms with E-state index >= 15 is 0 Å². The number of alkyl halides is 3. The summed E-state index contributed by atoms with van der Waals surface area (Å²) in [5.41, 5.74) is 4.74. The second-order valence-corrected chi connectivity index (χ2v) is 3.41. The van der Waals surface area contributed by atoms with Crippen molar-refractivity contribution in [1.29, 1.82) is 0 Å². The molecule has 7 heteroatoms. The number of hydrogen-bond donors (Lipinski definition) is 1. The molecule has 90 valence electrons. The van der Waals surface area contributed by atoms with E-state index in [0.717, 1.165) is 23.0 Å². The van der Waals surface area contributed by atoms with Crippen LogP contribution in [0.25, 0.3) is 5.69 Å². The van der Waals surface area contributed by atoms with Gasteiger partial charge in [-0.25, -0.2) is 9.07 Å². The first-order valence-electron chi connectivity index (χ1n) is 4.54. The van der Waals surface area contributed by atoms with Crippen molar-refractivity contribution < 1.29 is 17.6 Å². The average molecular weight is 245 g/mol. The van der Waals surface area contributed by atoms with Gasteiger partial charge in [-0.3, -0.25) is 0 Å². The molecule has 0 amide bonds. The minimum Gasteiger partial charge on any atom is -0.399 e. The Morgan fingerprint density at radius 3 is 2.41 bits per heavy atom. The first-order chi connectivity index (χ1) is 7.86. The van der Waals surface area contributed by atoms with Crippen LogP contribution in [-0.4, -0.2) is 9.78 Å². The van der Waals surface area contributed by atoms with Gasteiger partial charge in [-0.15, -0.1) is 0 Å². The minimum absolute atomic E-state index is 0.115. The van der Waals surface area contributed by atoms with E-state index in [4.69, 9.17) is 5.73 Å². The zero-order chi connectivity index (χ0) is 12.6. The summed E-state index contributed by atoms with van der Waals surface area (Å²) in [4.78, 5) is 0. The maximum Gasteiger partial charge on any atom is 0.419 e.